The summed E-state index contributed by atoms with van der Waals surface area (Å²) >= 11 is 0. The van der Waals surface area contributed by atoms with Crippen molar-refractivity contribution in [3.8, 4) is 0 Å². The molecule has 0 fully saturated rings. The maximum absolute atomic E-state index is 12.8. The van der Waals surface area contributed by atoms with Gasteiger partial charge < -0.3 is 16.2 Å². The van der Waals surface area contributed by atoms with Crippen LogP contribution in [0.3, 0.4) is 0 Å². The molecule has 2 atom stereocenters. The Bertz CT molecular complexity index is 602. The molecule has 0 aliphatic rings. The fourth-order valence-electron chi connectivity index (χ4n) is 2.09. The second kappa shape index (κ2) is 7.68. The molecule has 22 heavy (non-hydrogen) atoms. The van der Waals surface area contributed by atoms with Gasteiger partial charge in [0.1, 0.15) is 11.9 Å². The number of carbonyl (C=O) groups is 1. The zero-order chi connectivity index (χ0) is 15.9. The maximum Gasteiger partial charge on any atom is 0.250 e. The van der Waals surface area contributed by atoms with Gasteiger partial charge in [0.15, 0.2) is 0 Å². The molecule has 0 aliphatic heterocycles. The summed E-state index contributed by atoms with van der Waals surface area (Å²) < 4.78 is 12.8. The average Bonchev–Trinajstić information content (AvgIpc) is 2.54. The van der Waals surface area contributed by atoms with Crippen molar-refractivity contribution in [3.63, 3.8) is 0 Å². The average molecular weight is 302 g/mol. The van der Waals surface area contributed by atoms with Crippen molar-refractivity contribution in [3.05, 3.63) is 71.5 Å². The molecular formula is C17H19FN2O2. The number of benzene rings is 2. The molecule has 4 N–H and O–H groups in total. The molecular weight excluding hydrogens is 283 g/mol. The third kappa shape index (κ3) is 4.65. The van der Waals surface area contributed by atoms with E-state index in [9.17, 15) is 14.3 Å². The minimum atomic E-state index is -1.29. The van der Waals surface area contributed by atoms with Crippen LogP contribution in [-0.2, 0) is 17.8 Å². The van der Waals surface area contributed by atoms with Gasteiger partial charge in [-0.05, 0) is 29.7 Å². The molecule has 2 aromatic rings. The fourth-order valence-corrected chi connectivity index (χ4v) is 2.09. The number of hydrogen-bond acceptors (Lipinski definition) is 3. The smallest absolute Gasteiger partial charge is 0.250 e. The molecule has 0 aliphatic carbocycles. The first-order valence-corrected chi connectivity index (χ1v) is 7.06. The molecule has 0 spiro atoms. The van der Waals surface area contributed by atoms with Gasteiger partial charge in [0, 0.05) is 12.6 Å². The number of aliphatic hydroxyl groups excluding tert-OH is 1. The molecule has 5 heteroatoms. The Balaban J connectivity index is 1.84. The first-order valence-electron chi connectivity index (χ1n) is 7.06. The van der Waals surface area contributed by atoms with Crippen LogP contribution >= 0.6 is 0 Å². The van der Waals surface area contributed by atoms with Crippen LogP contribution < -0.4 is 11.1 Å². The summed E-state index contributed by atoms with van der Waals surface area (Å²) in [6.07, 6.45) is -0.882. The second-order valence-electron chi connectivity index (χ2n) is 5.14. The zero-order valence-electron chi connectivity index (χ0n) is 12.1. The standard InChI is InChI=1S/C17H19FN2O2/c18-14-8-6-13(7-9-14)11-20-17(22)16(21)15(19)10-12-4-2-1-3-5-12/h1-9,15-16,21H,10-11,19H2,(H,20,22)/t15-,16+/m0/s1. The van der Waals surface area contributed by atoms with E-state index in [1.54, 1.807) is 12.1 Å². The Morgan fingerprint density at radius 3 is 2.36 bits per heavy atom. The van der Waals surface area contributed by atoms with Crippen molar-refractivity contribution in [2.45, 2.75) is 25.1 Å². The van der Waals surface area contributed by atoms with Crippen LogP contribution in [0.15, 0.2) is 54.6 Å². The molecule has 0 radical (unpaired) electrons. The van der Waals surface area contributed by atoms with E-state index in [2.05, 4.69) is 5.32 Å². The molecule has 2 rings (SSSR count). The quantitative estimate of drug-likeness (QED) is 0.754. The van der Waals surface area contributed by atoms with Crippen LogP contribution in [0.2, 0.25) is 0 Å². The van der Waals surface area contributed by atoms with Gasteiger partial charge in [0.25, 0.3) is 5.91 Å². The lowest BCUT2D eigenvalue weighted by molar-refractivity contribution is -0.130. The van der Waals surface area contributed by atoms with Crippen LogP contribution in [0.25, 0.3) is 0 Å². The number of rotatable bonds is 6. The zero-order valence-corrected chi connectivity index (χ0v) is 12.1. The van der Waals surface area contributed by atoms with E-state index in [1.807, 2.05) is 30.3 Å². The maximum atomic E-state index is 12.8. The van der Waals surface area contributed by atoms with Gasteiger partial charge in [-0.3, -0.25) is 4.79 Å². The van der Waals surface area contributed by atoms with Gasteiger partial charge in [0.05, 0.1) is 0 Å². The number of aliphatic hydroxyl groups is 1. The molecule has 0 saturated carbocycles. The minimum absolute atomic E-state index is 0.216. The fraction of sp³-hybridized carbons (Fsp3) is 0.235. The van der Waals surface area contributed by atoms with E-state index >= 15 is 0 Å². The van der Waals surface area contributed by atoms with Crippen LogP contribution in [0, 0.1) is 5.82 Å². The number of halogens is 1. The van der Waals surface area contributed by atoms with E-state index in [1.165, 1.54) is 12.1 Å². The largest absolute Gasteiger partial charge is 0.382 e. The number of nitrogens with one attached hydrogen (secondary N) is 1. The van der Waals surface area contributed by atoms with E-state index in [4.69, 9.17) is 5.73 Å². The lowest BCUT2D eigenvalue weighted by Crippen LogP contribution is -2.47. The molecule has 1 amide bonds. The first-order chi connectivity index (χ1) is 10.6. The number of nitrogens with two attached hydrogens (primary N) is 1. The van der Waals surface area contributed by atoms with Crippen molar-refractivity contribution >= 4 is 5.91 Å². The van der Waals surface area contributed by atoms with Crippen LogP contribution in [0.4, 0.5) is 4.39 Å². The molecule has 0 heterocycles. The summed E-state index contributed by atoms with van der Waals surface area (Å²) in [5.41, 5.74) is 7.59. The number of carbonyl (C=O) groups excluding carboxylic acids is 1. The highest BCUT2D eigenvalue weighted by molar-refractivity contribution is 5.81. The van der Waals surface area contributed by atoms with Crippen molar-refractivity contribution in [1.82, 2.24) is 5.32 Å². The van der Waals surface area contributed by atoms with Gasteiger partial charge >= 0.3 is 0 Å². The molecule has 4 nitrogen and oxygen atoms in total. The Hall–Kier alpha value is -2.24. The van der Waals surface area contributed by atoms with Crippen LogP contribution in [0.5, 0.6) is 0 Å². The van der Waals surface area contributed by atoms with Crippen molar-refractivity contribution in [1.29, 1.82) is 0 Å². The highest BCUT2D eigenvalue weighted by Crippen LogP contribution is 2.06. The van der Waals surface area contributed by atoms with Gasteiger partial charge in [0.2, 0.25) is 0 Å². The Morgan fingerprint density at radius 2 is 1.73 bits per heavy atom. The normalized spacial score (nSPS) is 13.4. The van der Waals surface area contributed by atoms with Crippen molar-refractivity contribution < 1.29 is 14.3 Å². The Labute approximate surface area is 128 Å². The number of amides is 1. The van der Waals surface area contributed by atoms with E-state index < -0.39 is 18.1 Å². The van der Waals surface area contributed by atoms with Gasteiger partial charge in [-0.15, -0.1) is 0 Å². The first kappa shape index (κ1) is 16.1. The molecule has 0 aromatic heterocycles. The third-order valence-corrected chi connectivity index (χ3v) is 3.37. The predicted octanol–water partition coefficient (Wildman–Crippen LogP) is 1.37. The third-order valence-electron chi connectivity index (χ3n) is 3.37. The summed E-state index contributed by atoms with van der Waals surface area (Å²) in [7, 11) is 0. The van der Waals surface area contributed by atoms with E-state index in [0.717, 1.165) is 11.1 Å². The Morgan fingerprint density at radius 1 is 1.09 bits per heavy atom. The van der Waals surface area contributed by atoms with Crippen LogP contribution in [-0.4, -0.2) is 23.2 Å². The summed E-state index contributed by atoms with van der Waals surface area (Å²) in [6, 6.07) is 14.5. The summed E-state index contributed by atoms with van der Waals surface area (Å²) in [5.74, 6) is -0.868. The van der Waals surface area contributed by atoms with Crippen molar-refractivity contribution in [2.24, 2.45) is 5.73 Å². The van der Waals surface area contributed by atoms with Gasteiger partial charge in [-0.25, -0.2) is 4.39 Å². The molecule has 0 saturated heterocycles. The summed E-state index contributed by atoms with van der Waals surface area (Å²) in [4.78, 5) is 11.9. The lowest BCUT2D eigenvalue weighted by Gasteiger charge is -2.18. The predicted molar refractivity (Wildman–Crippen MR) is 82.4 cm³/mol. The van der Waals surface area contributed by atoms with Gasteiger partial charge in [-0.2, -0.15) is 0 Å². The monoisotopic (exact) mass is 302 g/mol. The second-order valence-corrected chi connectivity index (χ2v) is 5.14. The highest BCUT2D eigenvalue weighted by Gasteiger charge is 2.22. The summed E-state index contributed by atoms with van der Waals surface area (Å²) in [6.45, 7) is 0.216. The SMILES string of the molecule is N[C@@H](Cc1ccccc1)[C@@H](O)C(=O)NCc1ccc(F)cc1. The minimum Gasteiger partial charge on any atom is -0.382 e. The number of hydrogen-bond donors (Lipinski definition) is 3. The molecule has 0 unspecified atom stereocenters. The van der Waals surface area contributed by atoms with Crippen molar-refractivity contribution in [2.75, 3.05) is 0 Å². The lowest BCUT2D eigenvalue weighted by atomic mass is 10.0. The highest BCUT2D eigenvalue weighted by atomic mass is 19.1. The van der Waals surface area contributed by atoms with Crippen LogP contribution in [0.1, 0.15) is 11.1 Å². The van der Waals surface area contributed by atoms with Gasteiger partial charge in [-0.1, -0.05) is 42.5 Å². The topological polar surface area (TPSA) is 75.3 Å². The molecule has 116 valence electrons. The Kier molecular flexibility index (Phi) is 5.63. The van der Waals surface area contributed by atoms with E-state index in [0.29, 0.717) is 6.42 Å². The molecule has 2 aromatic carbocycles. The molecule has 0 bridgehead atoms. The van der Waals surface area contributed by atoms with E-state index in [-0.39, 0.29) is 12.4 Å². The summed E-state index contributed by atoms with van der Waals surface area (Å²) in [5, 5.41) is 12.6.